The summed E-state index contributed by atoms with van der Waals surface area (Å²) in [6, 6.07) is 8.51. The summed E-state index contributed by atoms with van der Waals surface area (Å²) >= 11 is 0. The topological polar surface area (TPSA) is 12.0 Å². The Labute approximate surface area is 88.5 Å². The van der Waals surface area contributed by atoms with Crippen molar-refractivity contribution in [2.75, 3.05) is 6.54 Å². The van der Waals surface area contributed by atoms with Crippen molar-refractivity contribution in [2.45, 2.75) is 40.7 Å². The summed E-state index contributed by atoms with van der Waals surface area (Å²) in [5.74, 6) is 0. The molecule has 0 spiro atoms. The van der Waals surface area contributed by atoms with Gasteiger partial charge in [-0.1, -0.05) is 45.0 Å². The molecule has 1 aromatic rings. The first-order valence-electron chi connectivity index (χ1n) is 5.60. The minimum absolute atomic E-state index is 1.00. The van der Waals surface area contributed by atoms with Crippen LogP contribution in [-0.4, -0.2) is 6.54 Å². The molecule has 1 heteroatoms. The molecule has 0 unspecified atom stereocenters. The van der Waals surface area contributed by atoms with Crippen LogP contribution in [0.3, 0.4) is 0 Å². The predicted molar refractivity (Wildman–Crippen MR) is 64.5 cm³/mol. The molecule has 0 aromatic heterocycles. The summed E-state index contributed by atoms with van der Waals surface area (Å²) in [4.78, 5) is 0. The fourth-order valence-electron chi connectivity index (χ4n) is 1.21. The van der Waals surface area contributed by atoms with E-state index in [9.17, 15) is 0 Å². The van der Waals surface area contributed by atoms with E-state index in [0.717, 1.165) is 13.1 Å². The van der Waals surface area contributed by atoms with Gasteiger partial charge in [0.2, 0.25) is 0 Å². The van der Waals surface area contributed by atoms with E-state index in [2.05, 4.69) is 43.4 Å². The zero-order valence-corrected chi connectivity index (χ0v) is 9.93. The standard InChI is InChI=1S/C11H17N.C2H6/c1-3-8-12-9-11-7-5-4-6-10(11)2;1-2/h4-7,12H,3,8-9H2,1-2H3;1-2H3. The third kappa shape index (κ3) is 5.03. The molecule has 0 bridgehead atoms. The molecule has 0 saturated carbocycles. The van der Waals surface area contributed by atoms with Gasteiger partial charge in [-0.05, 0) is 31.0 Å². The molecular weight excluding hydrogens is 170 g/mol. The van der Waals surface area contributed by atoms with Crippen molar-refractivity contribution >= 4 is 0 Å². The van der Waals surface area contributed by atoms with Gasteiger partial charge in [0.1, 0.15) is 0 Å². The van der Waals surface area contributed by atoms with E-state index in [-0.39, 0.29) is 0 Å². The first-order chi connectivity index (χ1) is 6.84. The predicted octanol–water partition coefficient (Wildman–Crippen LogP) is 3.52. The zero-order valence-electron chi connectivity index (χ0n) is 9.93. The second kappa shape index (κ2) is 8.76. The van der Waals surface area contributed by atoms with Gasteiger partial charge in [-0.25, -0.2) is 0 Å². The smallest absolute Gasteiger partial charge is 0.0208 e. The molecular formula is C13H23N. The third-order valence-corrected chi connectivity index (χ3v) is 2.00. The molecule has 1 aromatic carbocycles. The summed E-state index contributed by atoms with van der Waals surface area (Å²) in [5.41, 5.74) is 2.78. The normalized spacial score (nSPS) is 9.14. The van der Waals surface area contributed by atoms with Crippen LogP contribution in [0.1, 0.15) is 38.3 Å². The van der Waals surface area contributed by atoms with Gasteiger partial charge < -0.3 is 5.32 Å². The minimum Gasteiger partial charge on any atom is -0.313 e. The van der Waals surface area contributed by atoms with Crippen LogP contribution in [0.25, 0.3) is 0 Å². The molecule has 0 aliphatic carbocycles. The van der Waals surface area contributed by atoms with Crippen molar-refractivity contribution in [1.29, 1.82) is 0 Å². The molecule has 14 heavy (non-hydrogen) atoms. The summed E-state index contributed by atoms with van der Waals surface area (Å²) in [6.07, 6.45) is 1.20. The minimum atomic E-state index is 1.00. The van der Waals surface area contributed by atoms with Gasteiger partial charge in [-0.3, -0.25) is 0 Å². The van der Waals surface area contributed by atoms with Gasteiger partial charge in [0.25, 0.3) is 0 Å². The first-order valence-corrected chi connectivity index (χ1v) is 5.60. The highest BCUT2D eigenvalue weighted by atomic mass is 14.8. The van der Waals surface area contributed by atoms with Crippen molar-refractivity contribution in [3.8, 4) is 0 Å². The highest BCUT2D eigenvalue weighted by Crippen LogP contribution is 2.05. The van der Waals surface area contributed by atoms with Gasteiger partial charge in [0.15, 0.2) is 0 Å². The summed E-state index contributed by atoms with van der Waals surface area (Å²) in [6.45, 7) is 10.4. The molecule has 0 amide bonds. The zero-order chi connectivity index (χ0) is 10.8. The second-order valence-electron chi connectivity index (χ2n) is 3.10. The maximum absolute atomic E-state index is 3.39. The summed E-state index contributed by atoms with van der Waals surface area (Å²) in [7, 11) is 0. The molecule has 1 nitrogen and oxygen atoms in total. The van der Waals surface area contributed by atoms with Crippen LogP contribution in [0.4, 0.5) is 0 Å². The molecule has 0 heterocycles. The lowest BCUT2D eigenvalue weighted by molar-refractivity contribution is 0.673. The third-order valence-electron chi connectivity index (χ3n) is 2.00. The van der Waals surface area contributed by atoms with Crippen molar-refractivity contribution in [1.82, 2.24) is 5.32 Å². The second-order valence-corrected chi connectivity index (χ2v) is 3.10. The van der Waals surface area contributed by atoms with Gasteiger partial charge >= 0.3 is 0 Å². The van der Waals surface area contributed by atoms with Crippen LogP contribution in [0, 0.1) is 6.92 Å². The van der Waals surface area contributed by atoms with E-state index in [1.165, 1.54) is 17.5 Å². The molecule has 0 aliphatic heterocycles. The number of nitrogens with one attached hydrogen (secondary N) is 1. The van der Waals surface area contributed by atoms with E-state index >= 15 is 0 Å². The van der Waals surface area contributed by atoms with Crippen LogP contribution in [-0.2, 0) is 6.54 Å². The highest BCUT2D eigenvalue weighted by Gasteiger charge is 1.94. The lowest BCUT2D eigenvalue weighted by atomic mass is 10.1. The van der Waals surface area contributed by atoms with Gasteiger partial charge in [-0.15, -0.1) is 0 Å². The molecule has 0 saturated heterocycles. The average molecular weight is 193 g/mol. The molecule has 0 fully saturated rings. The van der Waals surface area contributed by atoms with Crippen molar-refractivity contribution in [3.63, 3.8) is 0 Å². The van der Waals surface area contributed by atoms with E-state index in [0.29, 0.717) is 0 Å². The van der Waals surface area contributed by atoms with Crippen LogP contribution in [0.2, 0.25) is 0 Å². The lowest BCUT2D eigenvalue weighted by Gasteiger charge is -2.05. The number of hydrogen-bond donors (Lipinski definition) is 1. The van der Waals surface area contributed by atoms with Gasteiger partial charge in [0, 0.05) is 6.54 Å². The SMILES string of the molecule is CC.CCCNCc1ccccc1C. The quantitative estimate of drug-likeness (QED) is 0.721. The molecule has 80 valence electrons. The maximum atomic E-state index is 3.39. The van der Waals surface area contributed by atoms with E-state index in [4.69, 9.17) is 0 Å². The number of rotatable bonds is 4. The lowest BCUT2D eigenvalue weighted by Crippen LogP contribution is -2.14. The Hall–Kier alpha value is -0.820. The van der Waals surface area contributed by atoms with E-state index in [1.807, 2.05) is 13.8 Å². The Morgan fingerprint density at radius 1 is 1.14 bits per heavy atom. The Morgan fingerprint density at radius 2 is 1.79 bits per heavy atom. The Morgan fingerprint density at radius 3 is 2.36 bits per heavy atom. The Kier molecular flexibility index (Phi) is 8.25. The number of benzene rings is 1. The largest absolute Gasteiger partial charge is 0.313 e. The average Bonchev–Trinajstić information content (AvgIpc) is 2.24. The van der Waals surface area contributed by atoms with Crippen molar-refractivity contribution in [2.24, 2.45) is 0 Å². The highest BCUT2D eigenvalue weighted by molar-refractivity contribution is 5.25. The molecule has 1 rings (SSSR count). The molecule has 1 N–H and O–H groups in total. The van der Waals surface area contributed by atoms with Crippen LogP contribution >= 0.6 is 0 Å². The van der Waals surface area contributed by atoms with Crippen molar-refractivity contribution < 1.29 is 0 Å². The summed E-state index contributed by atoms with van der Waals surface area (Å²) in [5, 5.41) is 3.39. The van der Waals surface area contributed by atoms with Crippen LogP contribution in [0.15, 0.2) is 24.3 Å². The summed E-state index contributed by atoms with van der Waals surface area (Å²) < 4.78 is 0. The first kappa shape index (κ1) is 13.2. The van der Waals surface area contributed by atoms with Gasteiger partial charge in [-0.2, -0.15) is 0 Å². The fraction of sp³-hybridized carbons (Fsp3) is 0.538. The Bertz CT molecular complexity index is 230. The van der Waals surface area contributed by atoms with Crippen LogP contribution in [0.5, 0.6) is 0 Å². The van der Waals surface area contributed by atoms with Gasteiger partial charge in [0.05, 0.1) is 0 Å². The maximum Gasteiger partial charge on any atom is 0.0208 e. The molecule has 0 aliphatic rings. The monoisotopic (exact) mass is 193 g/mol. The number of hydrogen-bond acceptors (Lipinski definition) is 1. The van der Waals surface area contributed by atoms with Crippen LogP contribution < -0.4 is 5.32 Å². The Balaban J connectivity index is 0.000000791. The molecule has 0 radical (unpaired) electrons. The fourth-order valence-corrected chi connectivity index (χ4v) is 1.21. The number of aryl methyl sites for hydroxylation is 1. The van der Waals surface area contributed by atoms with Crippen molar-refractivity contribution in [3.05, 3.63) is 35.4 Å². The molecule has 0 atom stereocenters. The van der Waals surface area contributed by atoms with E-state index < -0.39 is 0 Å². The van der Waals surface area contributed by atoms with E-state index in [1.54, 1.807) is 0 Å².